The monoisotopic (exact) mass is 482 g/mol. The van der Waals surface area contributed by atoms with Crippen molar-refractivity contribution in [1.82, 2.24) is 9.97 Å². The first-order valence-corrected chi connectivity index (χ1v) is 11.5. The van der Waals surface area contributed by atoms with Gasteiger partial charge in [-0.2, -0.15) is 0 Å². The SMILES string of the molecule is C=C(O)CC/C(C)=C/OC(=C)C1(C)C(=O)Nc2nc(C(C)c3ccc(Cl)cc3CC)nc(N)c21. The Bertz CT molecular complexity index is 1190. The number of nitrogens with two attached hydrogens (primary N) is 1. The molecule has 180 valence electrons. The van der Waals surface area contributed by atoms with Crippen molar-refractivity contribution in [3.05, 3.63) is 82.2 Å². The fourth-order valence-electron chi connectivity index (χ4n) is 4.02. The molecule has 0 spiro atoms. The minimum Gasteiger partial charge on any atom is -0.513 e. The summed E-state index contributed by atoms with van der Waals surface area (Å²) in [4.78, 5) is 22.3. The smallest absolute Gasteiger partial charge is 0.243 e. The number of ether oxygens (including phenoxy) is 1. The molecule has 0 bridgehead atoms. The number of aromatic nitrogens is 2. The minimum atomic E-state index is -1.26. The third kappa shape index (κ3) is 4.80. The number of aryl methyl sites for hydroxylation is 1. The fourth-order valence-corrected chi connectivity index (χ4v) is 4.21. The van der Waals surface area contributed by atoms with Crippen LogP contribution in [0.3, 0.4) is 0 Å². The summed E-state index contributed by atoms with van der Waals surface area (Å²) in [7, 11) is 0. The van der Waals surface area contributed by atoms with Gasteiger partial charge in [0.05, 0.1) is 17.6 Å². The highest BCUT2D eigenvalue weighted by molar-refractivity contribution is 6.30. The second kappa shape index (κ2) is 9.89. The van der Waals surface area contributed by atoms with Gasteiger partial charge in [-0.25, -0.2) is 9.97 Å². The molecule has 1 amide bonds. The van der Waals surface area contributed by atoms with Crippen LogP contribution in [0, 0.1) is 0 Å². The zero-order valence-electron chi connectivity index (χ0n) is 20.0. The number of amides is 1. The van der Waals surface area contributed by atoms with Gasteiger partial charge in [0.1, 0.15) is 28.6 Å². The van der Waals surface area contributed by atoms with Crippen molar-refractivity contribution in [3.63, 3.8) is 0 Å². The third-order valence-electron chi connectivity index (χ3n) is 6.25. The Labute approximate surface area is 205 Å². The van der Waals surface area contributed by atoms with Crippen molar-refractivity contribution < 1.29 is 14.6 Å². The Kier molecular flexibility index (Phi) is 7.36. The van der Waals surface area contributed by atoms with Crippen molar-refractivity contribution in [2.75, 3.05) is 11.1 Å². The van der Waals surface area contributed by atoms with Crippen LogP contribution in [0.4, 0.5) is 11.6 Å². The topological polar surface area (TPSA) is 110 Å². The zero-order chi connectivity index (χ0) is 25.2. The number of rotatable bonds is 9. The number of anilines is 2. The number of nitrogens with one attached hydrogen (secondary N) is 1. The Balaban J connectivity index is 1.92. The highest BCUT2D eigenvalue weighted by atomic mass is 35.5. The first kappa shape index (κ1) is 25.3. The molecule has 0 radical (unpaired) electrons. The van der Waals surface area contributed by atoms with Gasteiger partial charge in [0, 0.05) is 17.4 Å². The highest BCUT2D eigenvalue weighted by Gasteiger charge is 2.49. The van der Waals surface area contributed by atoms with Crippen LogP contribution in [0.25, 0.3) is 0 Å². The number of halogens is 1. The van der Waals surface area contributed by atoms with Gasteiger partial charge in [0.25, 0.3) is 0 Å². The first-order valence-electron chi connectivity index (χ1n) is 11.1. The van der Waals surface area contributed by atoms with Gasteiger partial charge >= 0.3 is 0 Å². The lowest BCUT2D eigenvalue weighted by Crippen LogP contribution is -2.34. The molecule has 0 saturated heterocycles. The van der Waals surface area contributed by atoms with E-state index in [0.29, 0.717) is 35.1 Å². The van der Waals surface area contributed by atoms with Gasteiger partial charge < -0.3 is 20.9 Å². The predicted octanol–water partition coefficient (Wildman–Crippen LogP) is 5.92. The standard InChI is InChI=1S/C26H31ClN4O3/c1-7-18-12-19(27)10-11-20(18)16(4)23-29-22(28)21-24(30-23)31-25(33)26(21,6)17(5)34-13-14(2)8-9-15(3)32/h10-13,16,32H,3,5,7-9H2,1-2,4,6H3,(H3,28,29,30,31,33)/b14-13+. The lowest BCUT2D eigenvalue weighted by molar-refractivity contribution is -0.120. The zero-order valence-corrected chi connectivity index (χ0v) is 20.8. The van der Waals surface area contributed by atoms with Gasteiger partial charge in [-0.1, -0.05) is 44.7 Å². The maximum atomic E-state index is 13.0. The highest BCUT2D eigenvalue weighted by Crippen LogP contribution is 2.45. The number of nitrogens with zero attached hydrogens (tertiary/aromatic N) is 2. The molecule has 2 heterocycles. The van der Waals surface area contributed by atoms with E-state index in [1.54, 1.807) is 6.92 Å². The summed E-state index contributed by atoms with van der Waals surface area (Å²) in [6.45, 7) is 15.1. The van der Waals surface area contributed by atoms with Gasteiger partial charge in [0.15, 0.2) is 0 Å². The van der Waals surface area contributed by atoms with Crippen LogP contribution < -0.4 is 11.1 Å². The number of nitrogen functional groups attached to an aromatic ring is 1. The number of hydrogen-bond acceptors (Lipinski definition) is 6. The first-order chi connectivity index (χ1) is 16.0. The van der Waals surface area contributed by atoms with E-state index in [1.807, 2.05) is 32.0 Å². The number of hydrogen-bond donors (Lipinski definition) is 3. The summed E-state index contributed by atoms with van der Waals surface area (Å²) in [5.74, 6) is 0.862. The molecule has 0 aliphatic carbocycles. The van der Waals surface area contributed by atoms with E-state index in [2.05, 4.69) is 35.4 Å². The van der Waals surface area contributed by atoms with Crippen LogP contribution in [0.15, 0.2) is 54.7 Å². The van der Waals surface area contributed by atoms with E-state index in [4.69, 9.17) is 22.1 Å². The quantitative estimate of drug-likeness (QED) is 0.382. The summed E-state index contributed by atoms with van der Waals surface area (Å²) in [5.41, 5.74) is 8.59. The maximum Gasteiger partial charge on any atom is 0.243 e. The Morgan fingerprint density at radius 3 is 2.71 bits per heavy atom. The molecule has 2 aromatic rings. The summed E-state index contributed by atoms with van der Waals surface area (Å²) in [6.07, 6.45) is 3.32. The number of carbonyl (C=O) groups is 1. The number of aliphatic hydroxyl groups is 1. The summed E-state index contributed by atoms with van der Waals surface area (Å²) in [6, 6.07) is 5.75. The van der Waals surface area contributed by atoms with Crippen molar-refractivity contribution in [3.8, 4) is 0 Å². The second-order valence-electron chi connectivity index (χ2n) is 8.76. The Morgan fingerprint density at radius 2 is 2.06 bits per heavy atom. The molecule has 1 aromatic heterocycles. The van der Waals surface area contributed by atoms with E-state index in [0.717, 1.165) is 23.1 Å². The molecule has 1 aliphatic heterocycles. The summed E-state index contributed by atoms with van der Waals surface area (Å²) < 4.78 is 5.74. The van der Waals surface area contributed by atoms with Gasteiger partial charge in [0.2, 0.25) is 5.91 Å². The molecule has 0 fully saturated rings. The number of allylic oxidation sites excluding steroid dienone is 2. The van der Waals surface area contributed by atoms with Crippen molar-refractivity contribution in [1.29, 1.82) is 0 Å². The summed E-state index contributed by atoms with van der Waals surface area (Å²) in [5, 5.41) is 12.8. The van der Waals surface area contributed by atoms with Crippen LogP contribution in [0.2, 0.25) is 5.02 Å². The Morgan fingerprint density at radius 1 is 1.35 bits per heavy atom. The van der Waals surface area contributed by atoms with Crippen LogP contribution in [0.1, 0.15) is 69.0 Å². The molecule has 2 atom stereocenters. The predicted molar refractivity (Wildman–Crippen MR) is 136 cm³/mol. The molecule has 3 rings (SSSR count). The molecular weight excluding hydrogens is 452 g/mol. The van der Waals surface area contributed by atoms with E-state index in [1.165, 1.54) is 6.26 Å². The number of aliphatic hydroxyl groups excluding tert-OH is 1. The number of carbonyl (C=O) groups excluding carboxylic acids is 1. The summed E-state index contributed by atoms with van der Waals surface area (Å²) >= 11 is 6.16. The second-order valence-corrected chi connectivity index (χ2v) is 9.20. The molecule has 4 N–H and O–H groups in total. The van der Waals surface area contributed by atoms with Crippen LogP contribution in [-0.2, 0) is 21.4 Å². The molecule has 1 aromatic carbocycles. The van der Waals surface area contributed by atoms with E-state index in [9.17, 15) is 9.90 Å². The minimum absolute atomic E-state index is 0.0993. The molecule has 2 unspecified atom stereocenters. The van der Waals surface area contributed by atoms with E-state index in [-0.39, 0.29) is 29.2 Å². The Hall–Kier alpha value is -3.32. The van der Waals surface area contributed by atoms with Gasteiger partial charge in [-0.15, -0.1) is 0 Å². The van der Waals surface area contributed by atoms with Gasteiger partial charge in [-0.05, 0) is 55.5 Å². The number of fused-ring (bicyclic) bond motifs is 1. The lowest BCUT2D eigenvalue weighted by Gasteiger charge is -2.24. The van der Waals surface area contributed by atoms with Crippen molar-refractivity contribution in [2.45, 2.75) is 58.3 Å². The van der Waals surface area contributed by atoms with Gasteiger partial charge in [-0.3, -0.25) is 4.79 Å². The van der Waals surface area contributed by atoms with E-state index >= 15 is 0 Å². The normalized spacial score (nSPS) is 18.3. The largest absolute Gasteiger partial charge is 0.513 e. The fraction of sp³-hybridized carbons (Fsp3) is 0.346. The molecule has 7 nitrogen and oxygen atoms in total. The van der Waals surface area contributed by atoms with Crippen molar-refractivity contribution >= 4 is 29.1 Å². The average Bonchev–Trinajstić information content (AvgIpc) is 3.06. The number of benzene rings is 1. The van der Waals surface area contributed by atoms with E-state index < -0.39 is 5.41 Å². The molecule has 8 heteroatoms. The molecule has 1 aliphatic rings. The van der Waals surface area contributed by atoms with Crippen LogP contribution in [0.5, 0.6) is 0 Å². The third-order valence-corrected chi connectivity index (χ3v) is 6.48. The lowest BCUT2D eigenvalue weighted by atomic mass is 9.82. The van der Waals surface area contributed by atoms with Crippen LogP contribution in [-0.4, -0.2) is 21.0 Å². The average molecular weight is 483 g/mol. The molecule has 34 heavy (non-hydrogen) atoms. The molecule has 0 saturated carbocycles. The van der Waals surface area contributed by atoms with Crippen molar-refractivity contribution in [2.24, 2.45) is 0 Å². The van der Waals surface area contributed by atoms with Crippen LogP contribution >= 0.6 is 11.6 Å². The molecular formula is C26H31ClN4O3. The maximum absolute atomic E-state index is 13.0.